The van der Waals surface area contributed by atoms with Crippen molar-refractivity contribution >= 4 is 0 Å². The van der Waals surface area contributed by atoms with Gasteiger partial charge in [0.2, 0.25) is 0 Å². The summed E-state index contributed by atoms with van der Waals surface area (Å²) in [6.45, 7) is 0.823. The van der Waals surface area contributed by atoms with E-state index >= 15 is 0 Å². The maximum atomic E-state index is 4.02. The minimum absolute atomic E-state index is 0.219. The molecule has 1 unspecified atom stereocenters. The quantitative estimate of drug-likeness (QED) is 0.644. The van der Waals surface area contributed by atoms with Gasteiger partial charge in [0, 0.05) is 0 Å². The highest BCUT2D eigenvalue weighted by Crippen LogP contribution is 2.18. The second kappa shape index (κ2) is 2.70. The van der Waals surface area contributed by atoms with Crippen molar-refractivity contribution in [3.05, 3.63) is 35.9 Å². The fourth-order valence-electron chi connectivity index (χ4n) is 1.14. The van der Waals surface area contributed by atoms with Crippen molar-refractivity contribution in [3.63, 3.8) is 0 Å². The molecule has 3 heteroatoms. The Morgan fingerprint density at radius 1 is 1.27 bits per heavy atom. The predicted molar refractivity (Wildman–Crippen MR) is 42.0 cm³/mol. The van der Waals surface area contributed by atoms with Crippen molar-refractivity contribution in [1.29, 1.82) is 0 Å². The molecule has 11 heavy (non-hydrogen) atoms. The lowest BCUT2D eigenvalue weighted by Crippen LogP contribution is -2.06. The number of benzene rings is 1. The zero-order valence-electron chi connectivity index (χ0n) is 6.07. The van der Waals surface area contributed by atoms with Crippen LogP contribution in [0.3, 0.4) is 0 Å². The number of nitrogens with one attached hydrogen (secondary N) is 1. The van der Waals surface area contributed by atoms with E-state index in [-0.39, 0.29) is 6.04 Å². The second-order valence-corrected chi connectivity index (χ2v) is 2.50. The molecule has 56 valence electrons. The van der Waals surface area contributed by atoms with Crippen molar-refractivity contribution in [3.8, 4) is 0 Å². The summed E-state index contributed by atoms with van der Waals surface area (Å²) in [4.78, 5) is 0. The molecule has 0 saturated heterocycles. The minimum atomic E-state index is 0.219. The monoisotopic (exact) mass is 147 g/mol. The Balaban J connectivity index is 2.23. The Hall–Kier alpha value is -1.38. The van der Waals surface area contributed by atoms with Gasteiger partial charge in [0.1, 0.15) is 6.04 Å². The van der Waals surface area contributed by atoms with Crippen LogP contribution in [0.2, 0.25) is 0 Å². The first kappa shape index (κ1) is 6.34. The zero-order chi connectivity index (χ0) is 7.52. The van der Waals surface area contributed by atoms with Crippen LogP contribution >= 0.6 is 0 Å². The van der Waals surface area contributed by atoms with Gasteiger partial charge in [-0.3, -0.25) is 5.43 Å². The molecule has 0 fully saturated rings. The molecule has 1 heterocycles. The Labute approximate surface area is 65.1 Å². The van der Waals surface area contributed by atoms with Gasteiger partial charge in [-0.2, -0.15) is 5.11 Å². The summed E-state index contributed by atoms with van der Waals surface area (Å²) in [7, 11) is 0. The number of hydrogen-bond acceptors (Lipinski definition) is 3. The summed E-state index contributed by atoms with van der Waals surface area (Å²) in [6, 6.07) is 10.4. The number of nitrogens with zero attached hydrogens (tertiary/aromatic N) is 2. The normalized spacial score (nSPS) is 21.6. The van der Waals surface area contributed by atoms with Crippen molar-refractivity contribution in [1.82, 2.24) is 5.43 Å². The lowest BCUT2D eigenvalue weighted by atomic mass is 10.1. The molecule has 3 nitrogen and oxygen atoms in total. The van der Waals surface area contributed by atoms with Gasteiger partial charge < -0.3 is 0 Å². The SMILES string of the molecule is c1ccc(C2CNN=N2)cc1. The zero-order valence-corrected chi connectivity index (χ0v) is 6.07. The first-order valence-corrected chi connectivity index (χ1v) is 3.64. The molecule has 0 radical (unpaired) electrons. The summed E-state index contributed by atoms with van der Waals surface area (Å²) in [5.41, 5.74) is 4.05. The van der Waals surface area contributed by atoms with Gasteiger partial charge in [-0.15, -0.1) is 0 Å². The molecule has 0 aromatic heterocycles. The van der Waals surface area contributed by atoms with Gasteiger partial charge in [-0.05, 0) is 5.56 Å². The van der Waals surface area contributed by atoms with Crippen LogP contribution in [0.5, 0.6) is 0 Å². The van der Waals surface area contributed by atoms with Crippen LogP contribution in [0, 0.1) is 0 Å². The van der Waals surface area contributed by atoms with E-state index in [2.05, 4.69) is 27.9 Å². The maximum absolute atomic E-state index is 4.02. The average Bonchev–Trinajstić information content (AvgIpc) is 2.58. The van der Waals surface area contributed by atoms with Crippen LogP contribution in [-0.2, 0) is 0 Å². The van der Waals surface area contributed by atoms with Gasteiger partial charge in [-0.1, -0.05) is 35.6 Å². The highest BCUT2D eigenvalue weighted by Gasteiger charge is 2.12. The fraction of sp³-hybridized carbons (Fsp3) is 0.250. The van der Waals surface area contributed by atoms with Gasteiger partial charge in [0.05, 0.1) is 6.54 Å². The summed E-state index contributed by atoms with van der Waals surface area (Å²) in [5.74, 6) is 0. The first-order chi connectivity index (χ1) is 5.47. The van der Waals surface area contributed by atoms with Crippen LogP contribution in [-0.4, -0.2) is 6.54 Å². The van der Waals surface area contributed by atoms with Crippen LogP contribution in [0.25, 0.3) is 0 Å². The van der Waals surface area contributed by atoms with E-state index in [1.54, 1.807) is 0 Å². The molecule has 1 aliphatic heterocycles. The summed E-state index contributed by atoms with van der Waals surface area (Å²) in [6.07, 6.45) is 0. The largest absolute Gasteiger partial charge is 0.289 e. The second-order valence-electron chi connectivity index (χ2n) is 2.50. The molecule has 0 saturated carbocycles. The molecule has 1 N–H and O–H groups in total. The summed E-state index contributed by atoms with van der Waals surface area (Å²) < 4.78 is 0. The predicted octanol–water partition coefficient (Wildman–Crippen LogP) is 1.70. The van der Waals surface area contributed by atoms with E-state index < -0.39 is 0 Å². The van der Waals surface area contributed by atoms with Crippen LogP contribution in [0.1, 0.15) is 11.6 Å². The molecule has 1 atom stereocenters. The molecule has 0 amide bonds. The van der Waals surface area contributed by atoms with Crippen LogP contribution in [0.15, 0.2) is 40.7 Å². The van der Waals surface area contributed by atoms with Crippen LogP contribution < -0.4 is 5.43 Å². The van der Waals surface area contributed by atoms with Gasteiger partial charge >= 0.3 is 0 Å². The van der Waals surface area contributed by atoms with Crippen LogP contribution in [0.4, 0.5) is 0 Å². The third-order valence-corrected chi connectivity index (χ3v) is 1.74. The molecular formula is C8H9N3. The van der Waals surface area contributed by atoms with E-state index in [1.807, 2.05) is 18.2 Å². The first-order valence-electron chi connectivity index (χ1n) is 3.64. The van der Waals surface area contributed by atoms with Crippen molar-refractivity contribution in [2.75, 3.05) is 6.54 Å². The third kappa shape index (κ3) is 1.22. The highest BCUT2D eigenvalue weighted by atomic mass is 15.5. The Morgan fingerprint density at radius 2 is 2.09 bits per heavy atom. The smallest absolute Gasteiger partial charge is 0.117 e. The number of hydrogen-bond donors (Lipinski definition) is 1. The molecule has 2 rings (SSSR count). The van der Waals surface area contributed by atoms with E-state index in [4.69, 9.17) is 0 Å². The molecule has 0 bridgehead atoms. The Morgan fingerprint density at radius 3 is 2.73 bits per heavy atom. The standard InChI is InChI=1S/C8H9N3/c1-2-4-7(5-3-1)8-6-9-11-10-8/h1-5,8H,6H2,(H,9,10). The number of rotatable bonds is 1. The minimum Gasteiger partial charge on any atom is -0.289 e. The van der Waals surface area contributed by atoms with Gasteiger partial charge in [0.15, 0.2) is 0 Å². The van der Waals surface area contributed by atoms with Gasteiger partial charge in [-0.25, -0.2) is 0 Å². The summed E-state index contributed by atoms with van der Waals surface area (Å²) in [5, 5.41) is 7.74. The molecular weight excluding hydrogens is 138 g/mol. The third-order valence-electron chi connectivity index (χ3n) is 1.74. The van der Waals surface area contributed by atoms with Crippen molar-refractivity contribution < 1.29 is 0 Å². The fourth-order valence-corrected chi connectivity index (χ4v) is 1.14. The van der Waals surface area contributed by atoms with E-state index in [0.29, 0.717) is 0 Å². The Bertz CT molecular complexity index is 255. The van der Waals surface area contributed by atoms with E-state index in [1.165, 1.54) is 5.56 Å². The highest BCUT2D eigenvalue weighted by molar-refractivity contribution is 5.19. The average molecular weight is 147 g/mol. The molecule has 1 aromatic carbocycles. The lowest BCUT2D eigenvalue weighted by molar-refractivity contribution is 0.739. The molecule has 1 aromatic rings. The molecule has 1 aliphatic rings. The van der Waals surface area contributed by atoms with E-state index in [9.17, 15) is 0 Å². The van der Waals surface area contributed by atoms with Crippen molar-refractivity contribution in [2.45, 2.75) is 6.04 Å². The van der Waals surface area contributed by atoms with Crippen molar-refractivity contribution in [2.24, 2.45) is 10.3 Å². The molecule has 0 spiro atoms. The summed E-state index contributed by atoms with van der Waals surface area (Å²) >= 11 is 0. The lowest BCUT2D eigenvalue weighted by Gasteiger charge is -2.02. The maximum Gasteiger partial charge on any atom is 0.117 e. The Kier molecular flexibility index (Phi) is 1.55. The molecule has 0 aliphatic carbocycles. The van der Waals surface area contributed by atoms with E-state index in [0.717, 1.165) is 6.54 Å². The topological polar surface area (TPSA) is 36.8 Å². The van der Waals surface area contributed by atoms with Gasteiger partial charge in [0.25, 0.3) is 0 Å².